The summed E-state index contributed by atoms with van der Waals surface area (Å²) in [7, 11) is 0. The first kappa shape index (κ1) is 16.6. The molecule has 1 heterocycles. The van der Waals surface area contributed by atoms with E-state index in [4.69, 9.17) is 0 Å². The summed E-state index contributed by atoms with van der Waals surface area (Å²) in [5, 5.41) is 6.18. The molecule has 4 nitrogen and oxygen atoms in total. The van der Waals surface area contributed by atoms with Crippen molar-refractivity contribution in [1.82, 2.24) is 10.6 Å². The lowest BCUT2D eigenvalue weighted by Crippen LogP contribution is -2.44. The highest BCUT2D eigenvalue weighted by Gasteiger charge is 2.31. The van der Waals surface area contributed by atoms with Crippen LogP contribution in [-0.2, 0) is 0 Å². The van der Waals surface area contributed by atoms with Crippen molar-refractivity contribution in [3.05, 3.63) is 29.8 Å². The fraction of sp³-hybridized carbons (Fsp3) is 0.533. The van der Waals surface area contributed by atoms with E-state index in [9.17, 15) is 18.0 Å². The minimum atomic E-state index is -4.73. The van der Waals surface area contributed by atoms with Crippen LogP contribution in [0.25, 0.3) is 0 Å². The summed E-state index contributed by atoms with van der Waals surface area (Å²) in [4.78, 5) is 12.1. The molecule has 0 aromatic heterocycles. The molecule has 0 spiro atoms. The molecule has 1 aliphatic heterocycles. The molecule has 1 aromatic carbocycles. The quantitative estimate of drug-likeness (QED) is 0.898. The second kappa shape index (κ2) is 7.00. The number of ether oxygens (including phenoxy) is 1. The smallest absolute Gasteiger partial charge is 0.406 e. The molecule has 0 aliphatic carbocycles. The average Bonchev–Trinajstić information content (AvgIpc) is 2.47. The summed E-state index contributed by atoms with van der Waals surface area (Å²) in [6, 6.07) is 4.92. The molecule has 0 saturated carbocycles. The molecule has 2 rings (SSSR count). The van der Waals surface area contributed by atoms with Gasteiger partial charge in [0, 0.05) is 11.6 Å². The molecule has 2 atom stereocenters. The Labute approximate surface area is 127 Å². The lowest BCUT2D eigenvalue weighted by Gasteiger charge is -2.28. The Morgan fingerprint density at radius 3 is 2.59 bits per heavy atom. The van der Waals surface area contributed by atoms with Gasteiger partial charge in [-0.15, -0.1) is 13.2 Å². The van der Waals surface area contributed by atoms with E-state index in [0.717, 1.165) is 38.1 Å². The number of carbonyl (C=O) groups is 1. The number of hydrogen-bond acceptors (Lipinski definition) is 3. The SMILES string of the molecule is CC(NC(=O)c1ccc(OC(F)(F)F)cc1)C1CCCNC1. The third-order valence-corrected chi connectivity index (χ3v) is 3.75. The van der Waals surface area contributed by atoms with Gasteiger partial charge in [0.05, 0.1) is 0 Å². The van der Waals surface area contributed by atoms with Gasteiger partial charge in [-0.1, -0.05) is 0 Å². The zero-order valence-corrected chi connectivity index (χ0v) is 12.2. The zero-order chi connectivity index (χ0) is 16.2. The second-order valence-electron chi connectivity index (χ2n) is 5.44. The van der Waals surface area contributed by atoms with Gasteiger partial charge in [0.15, 0.2) is 0 Å². The van der Waals surface area contributed by atoms with Crippen molar-refractivity contribution < 1.29 is 22.7 Å². The predicted molar refractivity (Wildman–Crippen MR) is 75.6 cm³/mol. The van der Waals surface area contributed by atoms with Gasteiger partial charge in [0.1, 0.15) is 5.75 Å². The highest BCUT2D eigenvalue weighted by Crippen LogP contribution is 2.23. The highest BCUT2D eigenvalue weighted by atomic mass is 19.4. The van der Waals surface area contributed by atoms with Crippen molar-refractivity contribution in [2.75, 3.05) is 13.1 Å². The molecule has 1 fully saturated rings. The van der Waals surface area contributed by atoms with Crippen molar-refractivity contribution in [3.63, 3.8) is 0 Å². The summed E-state index contributed by atoms with van der Waals surface area (Å²) >= 11 is 0. The summed E-state index contributed by atoms with van der Waals surface area (Å²) in [5.74, 6) is -0.268. The molecular weight excluding hydrogens is 297 g/mol. The molecule has 1 amide bonds. The van der Waals surface area contributed by atoms with E-state index in [1.54, 1.807) is 0 Å². The summed E-state index contributed by atoms with van der Waals surface area (Å²) < 4.78 is 40.0. The number of alkyl halides is 3. The second-order valence-corrected chi connectivity index (χ2v) is 5.44. The van der Waals surface area contributed by atoms with Gasteiger partial charge < -0.3 is 15.4 Å². The molecule has 2 unspecified atom stereocenters. The minimum Gasteiger partial charge on any atom is -0.406 e. The number of amides is 1. The van der Waals surface area contributed by atoms with E-state index in [1.807, 2.05) is 6.92 Å². The molecule has 1 aromatic rings. The van der Waals surface area contributed by atoms with Crippen LogP contribution in [0.3, 0.4) is 0 Å². The summed E-state index contributed by atoms with van der Waals surface area (Å²) in [5.41, 5.74) is 0.310. The predicted octanol–water partition coefficient (Wildman–Crippen LogP) is 2.70. The van der Waals surface area contributed by atoms with E-state index < -0.39 is 6.36 Å². The van der Waals surface area contributed by atoms with Gasteiger partial charge in [0.2, 0.25) is 0 Å². The monoisotopic (exact) mass is 316 g/mol. The summed E-state index contributed by atoms with van der Waals surface area (Å²) in [6.45, 7) is 3.80. The Balaban J connectivity index is 1.91. The number of halogens is 3. The number of hydrogen-bond donors (Lipinski definition) is 2. The molecule has 0 bridgehead atoms. The van der Waals surface area contributed by atoms with E-state index in [-0.39, 0.29) is 17.7 Å². The maximum Gasteiger partial charge on any atom is 0.573 e. The van der Waals surface area contributed by atoms with Gasteiger partial charge >= 0.3 is 6.36 Å². The van der Waals surface area contributed by atoms with Crippen molar-refractivity contribution in [2.45, 2.75) is 32.2 Å². The fourth-order valence-electron chi connectivity index (χ4n) is 2.52. The largest absolute Gasteiger partial charge is 0.573 e. The van der Waals surface area contributed by atoms with Crippen LogP contribution in [0, 0.1) is 5.92 Å². The van der Waals surface area contributed by atoms with Crippen LogP contribution in [0.1, 0.15) is 30.1 Å². The molecule has 22 heavy (non-hydrogen) atoms. The summed E-state index contributed by atoms with van der Waals surface area (Å²) in [6.07, 6.45) is -2.60. The van der Waals surface area contributed by atoms with Gasteiger partial charge in [0.25, 0.3) is 5.91 Å². The Morgan fingerprint density at radius 2 is 2.05 bits per heavy atom. The number of piperidine rings is 1. The Kier molecular flexibility index (Phi) is 5.28. The first-order valence-corrected chi connectivity index (χ1v) is 7.22. The van der Waals surface area contributed by atoms with Crippen LogP contribution in [0.15, 0.2) is 24.3 Å². The zero-order valence-electron chi connectivity index (χ0n) is 12.2. The number of nitrogens with one attached hydrogen (secondary N) is 2. The first-order chi connectivity index (χ1) is 10.3. The lowest BCUT2D eigenvalue weighted by molar-refractivity contribution is -0.274. The van der Waals surface area contributed by atoms with Crippen LogP contribution in [0.2, 0.25) is 0 Å². The number of carbonyl (C=O) groups excluding carboxylic acids is 1. The Bertz CT molecular complexity index is 497. The van der Waals surface area contributed by atoms with Crippen LogP contribution in [0.4, 0.5) is 13.2 Å². The van der Waals surface area contributed by atoms with E-state index in [2.05, 4.69) is 15.4 Å². The molecule has 0 radical (unpaired) electrons. The minimum absolute atomic E-state index is 0.00593. The molecule has 2 N–H and O–H groups in total. The molecule has 1 aliphatic rings. The van der Waals surface area contributed by atoms with E-state index >= 15 is 0 Å². The fourth-order valence-corrected chi connectivity index (χ4v) is 2.52. The van der Waals surface area contributed by atoms with Crippen molar-refractivity contribution in [1.29, 1.82) is 0 Å². The average molecular weight is 316 g/mol. The Hall–Kier alpha value is -1.76. The first-order valence-electron chi connectivity index (χ1n) is 7.22. The maximum absolute atomic E-state index is 12.1. The van der Waals surface area contributed by atoms with Crippen LogP contribution >= 0.6 is 0 Å². The molecule has 122 valence electrons. The third kappa shape index (κ3) is 4.91. The van der Waals surface area contributed by atoms with Crippen LogP contribution in [-0.4, -0.2) is 31.4 Å². The van der Waals surface area contributed by atoms with Gasteiger partial charge in [-0.2, -0.15) is 0 Å². The topological polar surface area (TPSA) is 50.4 Å². The number of rotatable bonds is 4. The van der Waals surface area contributed by atoms with Crippen molar-refractivity contribution in [3.8, 4) is 5.75 Å². The van der Waals surface area contributed by atoms with Gasteiger partial charge in [-0.3, -0.25) is 4.79 Å². The number of benzene rings is 1. The van der Waals surface area contributed by atoms with Gasteiger partial charge in [-0.05, 0) is 63.0 Å². The molecular formula is C15H19F3N2O2. The van der Waals surface area contributed by atoms with Crippen LogP contribution < -0.4 is 15.4 Å². The van der Waals surface area contributed by atoms with E-state index in [1.165, 1.54) is 12.1 Å². The van der Waals surface area contributed by atoms with E-state index in [0.29, 0.717) is 11.5 Å². The van der Waals surface area contributed by atoms with Crippen LogP contribution in [0.5, 0.6) is 5.75 Å². The highest BCUT2D eigenvalue weighted by molar-refractivity contribution is 5.94. The third-order valence-electron chi connectivity index (χ3n) is 3.75. The molecule has 7 heteroatoms. The van der Waals surface area contributed by atoms with Crippen molar-refractivity contribution >= 4 is 5.91 Å². The standard InChI is InChI=1S/C15H19F3N2O2/c1-10(12-3-2-8-19-9-12)20-14(21)11-4-6-13(7-5-11)22-15(16,17)18/h4-7,10,12,19H,2-3,8-9H2,1H3,(H,20,21). The Morgan fingerprint density at radius 1 is 1.36 bits per heavy atom. The maximum atomic E-state index is 12.1. The lowest BCUT2D eigenvalue weighted by atomic mass is 9.92. The van der Waals surface area contributed by atoms with Crippen molar-refractivity contribution in [2.24, 2.45) is 5.92 Å². The van der Waals surface area contributed by atoms with Gasteiger partial charge in [-0.25, -0.2) is 0 Å². The molecule has 1 saturated heterocycles. The normalized spacial score (nSPS) is 20.3.